The zero-order chi connectivity index (χ0) is 13.9. The molecule has 19 heavy (non-hydrogen) atoms. The van der Waals surface area contributed by atoms with Crippen molar-refractivity contribution in [1.29, 1.82) is 0 Å². The zero-order valence-corrected chi connectivity index (χ0v) is 11.9. The molecule has 3 nitrogen and oxygen atoms in total. The van der Waals surface area contributed by atoms with E-state index in [-0.39, 0.29) is 12.1 Å². The summed E-state index contributed by atoms with van der Waals surface area (Å²) in [6.45, 7) is 7.23. The van der Waals surface area contributed by atoms with Gasteiger partial charge in [0.2, 0.25) is 0 Å². The molecule has 0 saturated carbocycles. The number of esters is 1. The third-order valence-electron chi connectivity index (χ3n) is 3.88. The van der Waals surface area contributed by atoms with Gasteiger partial charge in [0.05, 0.1) is 5.41 Å². The van der Waals surface area contributed by atoms with E-state index in [0.29, 0.717) is 13.2 Å². The quantitative estimate of drug-likeness (QED) is 0.783. The summed E-state index contributed by atoms with van der Waals surface area (Å²) in [6.07, 6.45) is 1.28. The summed E-state index contributed by atoms with van der Waals surface area (Å²) in [6, 6.07) is 8.09. The van der Waals surface area contributed by atoms with Crippen molar-refractivity contribution in [1.82, 2.24) is 0 Å². The van der Waals surface area contributed by atoms with Crippen molar-refractivity contribution in [2.24, 2.45) is 5.41 Å². The van der Waals surface area contributed by atoms with Crippen LogP contribution in [0.25, 0.3) is 0 Å². The summed E-state index contributed by atoms with van der Waals surface area (Å²) in [4.78, 5) is 12.3. The molecule has 1 aliphatic rings. The highest BCUT2D eigenvalue weighted by Gasteiger charge is 2.37. The van der Waals surface area contributed by atoms with Crippen molar-refractivity contribution in [2.45, 2.75) is 39.7 Å². The monoisotopic (exact) mass is 262 g/mol. The lowest BCUT2D eigenvalue weighted by Crippen LogP contribution is -2.36. The Labute approximate surface area is 114 Å². The van der Waals surface area contributed by atoms with E-state index in [0.717, 1.165) is 18.4 Å². The van der Waals surface area contributed by atoms with Crippen LogP contribution in [0.3, 0.4) is 0 Å². The van der Waals surface area contributed by atoms with Gasteiger partial charge in [0.25, 0.3) is 0 Å². The number of carbonyl (C=O) groups excluding carboxylic acids is 1. The van der Waals surface area contributed by atoms with Crippen LogP contribution < -0.4 is 0 Å². The van der Waals surface area contributed by atoms with E-state index in [2.05, 4.69) is 6.07 Å². The highest BCUT2D eigenvalue weighted by molar-refractivity contribution is 5.76. The molecule has 1 aliphatic heterocycles. The summed E-state index contributed by atoms with van der Waals surface area (Å²) >= 11 is 0. The predicted octanol–water partition coefficient (Wildman–Crippen LogP) is 3.42. The van der Waals surface area contributed by atoms with Gasteiger partial charge in [-0.1, -0.05) is 29.8 Å². The summed E-state index contributed by atoms with van der Waals surface area (Å²) < 4.78 is 11.0. The molecule has 1 atom stereocenters. The van der Waals surface area contributed by atoms with E-state index in [9.17, 15) is 4.79 Å². The van der Waals surface area contributed by atoms with Gasteiger partial charge in [0, 0.05) is 13.2 Å². The Bertz CT molecular complexity index is 447. The molecule has 0 spiro atoms. The van der Waals surface area contributed by atoms with Crippen LogP contribution in [0.5, 0.6) is 0 Å². The Hall–Kier alpha value is -1.35. The van der Waals surface area contributed by atoms with E-state index >= 15 is 0 Å². The number of ether oxygens (including phenoxy) is 2. The standard InChI is InChI=1S/C16H22O3/c1-12-5-4-6-14(11-12)13(2)19-15(17)16(3)7-9-18-10-8-16/h4-6,11,13H,7-10H2,1-3H3/t13-/m0/s1. The molecule has 2 rings (SSSR count). The average Bonchev–Trinajstić information content (AvgIpc) is 2.39. The third-order valence-corrected chi connectivity index (χ3v) is 3.88. The third kappa shape index (κ3) is 3.35. The number of rotatable bonds is 3. The summed E-state index contributed by atoms with van der Waals surface area (Å²) in [5.74, 6) is -0.107. The van der Waals surface area contributed by atoms with Gasteiger partial charge in [-0.15, -0.1) is 0 Å². The number of benzene rings is 1. The Morgan fingerprint density at radius 2 is 2.05 bits per heavy atom. The van der Waals surface area contributed by atoms with E-state index in [4.69, 9.17) is 9.47 Å². The van der Waals surface area contributed by atoms with Crippen LogP contribution in [0.4, 0.5) is 0 Å². The molecule has 0 N–H and O–H groups in total. The maximum absolute atomic E-state index is 12.3. The maximum Gasteiger partial charge on any atom is 0.312 e. The van der Waals surface area contributed by atoms with Gasteiger partial charge in [0.15, 0.2) is 0 Å². The van der Waals surface area contributed by atoms with Gasteiger partial charge >= 0.3 is 5.97 Å². The first-order valence-electron chi connectivity index (χ1n) is 6.87. The normalized spacial score (nSPS) is 19.7. The second-order valence-corrected chi connectivity index (χ2v) is 5.63. The second kappa shape index (κ2) is 5.74. The average molecular weight is 262 g/mol. The Morgan fingerprint density at radius 1 is 1.37 bits per heavy atom. The predicted molar refractivity (Wildman–Crippen MR) is 73.8 cm³/mol. The first kappa shape index (κ1) is 14.1. The first-order chi connectivity index (χ1) is 9.01. The van der Waals surface area contributed by atoms with E-state index < -0.39 is 5.41 Å². The number of aryl methyl sites for hydroxylation is 1. The van der Waals surface area contributed by atoms with Crippen molar-refractivity contribution in [3.05, 3.63) is 35.4 Å². The van der Waals surface area contributed by atoms with Crippen molar-refractivity contribution in [3.63, 3.8) is 0 Å². The fourth-order valence-electron chi connectivity index (χ4n) is 2.32. The molecule has 3 heteroatoms. The topological polar surface area (TPSA) is 35.5 Å². The molecule has 0 amide bonds. The maximum atomic E-state index is 12.3. The summed E-state index contributed by atoms with van der Waals surface area (Å²) in [7, 11) is 0. The molecule has 0 unspecified atom stereocenters. The summed E-state index contributed by atoms with van der Waals surface area (Å²) in [5.41, 5.74) is 1.83. The minimum Gasteiger partial charge on any atom is -0.457 e. The van der Waals surface area contributed by atoms with Gasteiger partial charge < -0.3 is 9.47 Å². The molecule has 0 aliphatic carbocycles. The Balaban J connectivity index is 2.02. The van der Waals surface area contributed by atoms with Crippen molar-refractivity contribution < 1.29 is 14.3 Å². The van der Waals surface area contributed by atoms with E-state index in [1.54, 1.807) is 0 Å². The van der Waals surface area contributed by atoms with Crippen LogP contribution in [0.2, 0.25) is 0 Å². The molecule has 0 bridgehead atoms. The largest absolute Gasteiger partial charge is 0.457 e. The van der Waals surface area contributed by atoms with Gasteiger partial charge in [-0.2, -0.15) is 0 Å². The number of hydrogen-bond donors (Lipinski definition) is 0. The highest BCUT2D eigenvalue weighted by Crippen LogP contribution is 2.33. The smallest absolute Gasteiger partial charge is 0.312 e. The molecule has 1 saturated heterocycles. The van der Waals surface area contributed by atoms with Crippen molar-refractivity contribution >= 4 is 5.97 Å². The first-order valence-corrected chi connectivity index (χ1v) is 6.87. The molecular formula is C16H22O3. The fourth-order valence-corrected chi connectivity index (χ4v) is 2.32. The molecule has 1 heterocycles. The van der Waals surface area contributed by atoms with Gasteiger partial charge in [0.1, 0.15) is 6.10 Å². The summed E-state index contributed by atoms with van der Waals surface area (Å²) in [5, 5.41) is 0. The minimum atomic E-state index is -0.393. The van der Waals surface area contributed by atoms with Gasteiger partial charge in [-0.05, 0) is 39.2 Å². The lowest BCUT2D eigenvalue weighted by Gasteiger charge is -2.32. The number of carbonyl (C=O) groups is 1. The van der Waals surface area contributed by atoms with Crippen LogP contribution in [0.15, 0.2) is 24.3 Å². The lowest BCUT2D eigenvalue weighted by molar-refractivity contribution is -0.165. The van der Waals surface area contributed by atoms with Gasteiger partial charge in [-0.25, -0.2) is 0 Å². The van der Waals surface area contributed by atoms with Crippen LogP contribution in [-0.4, -0.2) is 19.2 Å². The minimum absolute atomic E-state index is 0.107. The van der Waals surface area contributed by atoms with E-state index in [1.165, 1.54) is 5.56 Å². The zero-order valence-electron chi connectivity index (χ0n) is 11.9. The molecule has 1 aromatic carbocycles. The molecule has 1 fully saturated rings. The highest BCUT2D eigenvalue weighted by atomic mass is 16.5. The molecule has 0 radical (unpaired) electrons. The van der Waals surface area contributed by atoms with Crippen molar-refractivity contribution in [3.8, 4) is 0 Å². The lowest BCUT2D eigenvalue weighted by atomic mass is 9.82. The molecule has 0 aromatic heterocycles. The van der Waals surface area contributed by atoms with Gasteiger partial charge in [-0.3, -0.25) is 4.79 Å². The Kier molecular flexibility index (Phi) is 4.25. The van der Waals surface area contributed by atoms with Crippen LogP contribution in [-0.2, 0) is 14.3 Å². The van der Waals surface area contributed by atoms with Crippen LogP contribution in [0.1, 0.15) is 43.9 Å². The second-order valence-electron chi connectivity index (χ2n) is 5.63. The molecule has 104 valence electrons. The molecule has 1 aromatic rings. The number of hydrogen-bond acceptors (Lipinski definition) is 3. The Morgan fingerprint density at radius 3 is 2.68 bits per heavy atom. The SMILES string of the molecule is Cc1cccc([C@H](C)OC(=O)C2(C)CCOCC2)c1. The fraction of sp³-hybridized carbons (Fsp3) is 0.562. The molecular weight excluding hydrogens is 240 g/mol. The van der Waals surface area contributed by atoms with Crippen LogP contribution in [0, 0.1) is 12.3 Å². The van der Waals surface area contributed by atoms with E-state index in [1.807, 2.05) is 39.0 Å². The van der Waals surface area contributed by atoms with Crippen LogP contribution >= 0.6 is 0 Å². The van der Waals surface area contributed by atoms with Crippen molar-refractivity contribution in [2.75, 3.05) is 13.2 Å².